The number of nitrogens with one attached hydrogen (secondary N) is 1. The van der Waals surface area contributed by atoms with Crippen molar-refractivity contribution in [2.75, 3.05) is 26.3 Å². The minimum Gasteiger partial charge on any atom is -0.379 e. The van der Waals surface area contributed by atoms with Gasteiger partial charge in [0.2, 0.25) is 5.91 Å². The molecule has 6 nitrogen and oxygen atoms in total. The number of carbonyl (C=O) groups is 1. The lowest BCUT2D eigenvalue weighted by atomic mass is 10.5. The number of hydrogen-bond acceptors (Lipinski definition) is 4. The van der Waals surface area contributed by atoms with Gasteiger partial charge in [-0.05, 0) is 0 Å². The summed E-state index contributed by atoms with van der Waals surface area (Å²) in [6, 6.07) is 0. The average Bonchev–Trinajstić information content (AvgIpc) is 2.04. The van der Waals surface area contributed by atoms with Gasteiger partial charge < -0.3 is 4.74 Å². The smallest absolute Gasteiger partial charge is 0.303 e. The number of ether oxygens (including phenoxy) is 1. The molecule has 1 aliphatic heterocycles. The number of amides is 1. The Kier molecular flexibility index (Phi) is 3.23. The first kappa shape index (κ1) is 10.4. The van der Waals surface area contributed by atoms with E-state index < -0.39 is 16.1 Å². The van der Waals surface area contributed by atoms with Gasteiger partial charge in [0.05, 0.1) is 13.2 Å². The zero-order chi connectivity index (χ0) is 9.90. The van der Waals surface area contributed by atoms with E-state index >= 15 is 0 Å². The maximum atomic E-state index is 11.3. The SMILES string of the molecule is CC(=O)NS(=O)(=O)N1CCOCC1. The lowest BCUT2D eigenvalue weighted by Crippen LogP contribution is -2.47. The number of rotatable bonds is 2. The summed E-state index contributed by atoms with van der Waals surface area (Å²) in [6.07, 6.45) is 0. The Hall–Kier alpha value is -0.660. The monoisotopic (exact) mass is 208 g/mol. The highest BCUT2D eigenvalue weighted by molar-refractivity contribution is 7.87. The summed E-state index contributed by atoms with van der Waals surface area (Å²) in [7, 11) is -3.63. The van der Waals surface area contributed by atoms with Gasteiger partial charge in [0.25, 0.3) is 0 Å². The first-order valence-electron chi connectivity index (χ1n) is 3.88. The Morgan fingerprint density at radius 3 is 2.38 bits per heavy atom. The molecule has 0 aliphatic carbocycles. The predicted octanol–water partition coefficient (Wildman–Crippen LogP) is -1.30. The fourth-order valence-electron chi connectivity index (χ4n) is 1.03. The van der Waals surface area contributed by atoms with Gasteiger partial charge in [-0.2, -0.15) is 12.7 Å². The van der Waals surface area contributed by atoms with Crippen LogP contribution in [0.25, 0.3) is 0 Å². The number of morpholine rings is 1. The van der Waals surface area contributed by atoms with Crippen LogP contribution in [0, 0.1) is 0 Å². The molecule has 0 saturated carbocycles. The minimum atomic E-state index is -3.63. The molecule has 0 bridgehead atoms. The minimum absolute atomic E-state index is 0.294. The van der Waals surface area contributed by atoms with E-state index in [9.17, 15) is 13.2 Å². The Labute approximate surface area is 77.0 Å². The molecule has 0 atom stereocenters. The van der Waals surface area contributed by atoms with Gasteiger partial charge >= 0.3 is 10.2 Å². The average molecular weight is 208 g/mol. The van der Waals surface area contributed by atoms with Crippen LogP contribution in [0.3, 0.4) is 0 Å². The summed E-state index contributed by atoms with van der Waals surface area (Å²) < 4.78 is 30.7. The topological polar surface area (TPSA) is 75.7 Å². The summed E-state index contributed by atoms with van der Waals surface area (Å²) in [6.45, 7) is 2.50. The van der Waals surface area contributed by atoms with E-state index in [1.807, 2.05) is 4.72 Å². The van der Waals surface area contributed by atoms with Crippen LogP contribution in [0.1, 0.15) is 6.92 Å². The largest absolute Gasteiger partial charge is 0.379 e. The van der Waals surface area contributed by atoms with Crippen molar-refractivity contribution in [3.05, 3.63) is 0 Å². The molecule has 1 saturated heterocycles. The van der Waals surface area contributed by atoms with Crippen LogP contribution in [-0.4, -0.2) is 44.9 Å². The molecule has 76 valence electrons. The fraction of sp³-hybridized carbons (Fsp3) is 0.833. The first-order valence-corrected chi connectivity index (χ1v) is 5.32. The summed E-state index contributed by atoms with van der Waals surface area (Å²) in [5, 5.41) is 0. The zero-order valence-corrected chi connectivity index (χ0v) is 8.13. The molecule has 0 aromatic rings. The van der Waals surface area contributed by atoms with E-state index in [0.717, 1.165) is 6.92 Å². The van der Waals surface area contributed by atoms with Gasteiger partial charge in [-0.3, -0.25) is 4.79 Å². The lowest BCUT2D eigenvalue weighted by molar-refractivity contribution is -0.117. The van der Waals surface area contributed by atoms with Gasteiger partial charge in [0.15, 0.2) is 0 Å². The van der Waals surface area contributed by atoms with E-state index in [1.54, 1.807) is 0 Å². The van der Waals surface area contributed by atoms with Crippen molar-refractivity contribution in [1.29, 1.82) is 0 Å². The quantitative estimate of drug-likeness (QED) is 0.612. The summed E-state index contributed by atoms with van der Waals surface area (Å²) in [4.78, 5) is 10.6. The van der Waals surface area contributed by atoms with Gasteiger partial charge in [-0.15, -0.1) is 0 Å². The maximum Gasteiger partial charge on any atom is 0.303 e. The molecule has 1 rings (SSSR count). The van der Waals surface area contributed by atoms with Crippen LogP contribution in [0.2, 0.25) is 0 Å². The molecular weight excluding hydrogens is 196 g/mol. The van der Waals surface area contributed by atoms with Crippen LogP contribution in [0.15, 0.2) is 0 Å². The second-order valence-corrected chi connectivity index (χ2v) is 4.35. The molecule has 0 spiro atoms. The summed E-state index contributed by atoms with van der Waals surface area (Å²) >= 11 is 0. The molecule has 1 aliphatic rings. The fourth-order valence-corrected chi connectivity index (χ4v) is 2.16. The molecule has 0 aromatic carbocycles. The Morgan fingerprint density at radius 2 is 1.92 bits per heavy atom. The van der Waals surface area contributed by atoms with Crippen LogP contribution >= 0.6 is 0 Å². The lowest BCUT2D eigenvalue weighted by Gasteiger charge is -2.25. The highest BCUT2D eigenvalue weighted by Crippen LogP contribution is 2.02. The Balaban J connectivity index is 2.62. The van der Waals surface area contributed by atoms with E-state index in [4.69, 9.17) is 4.74 Å². The van der Waals surface area contributed by atoms with E-state index in [2.05, 4.69) is 0 Å². The molecule has 0 aromatic heterocycles. The number of hydrogen-bond donors (Lipinski definition) is 1. The molecule has 1 N–H and O–H groups in total. The molecule has 13 heavy (non-hydrogen) atoms. The molecule has 1 heterocycles. The predicted molar refractivity (Wildman–Crippen MR) is 45.1 cm³/mol. The highest BCUT2D eigenvalue weighted by atomic mass is 32.2. The summed E-state index contributed by atoms with van der Waals surface area (Å²) in [5.74, 6) is -0.577. The standard InChI is InChI=1S/C6H12N2O4S/c1-6(9)7-13(10,11)8-2-4-12-5-3-8/h2-5H2,1H3,(H,7,9). The van der Waals surface area contributed by atoms with Crippen molar-refractivity contribution in [2.45, 2.75) is 6.92 Å². The van der Waals surface area contributed by atoms with Crippen LogP contribution in [0.4, 0.5) is 0 Å². The van der Waals surface area contributed by atoms with Crippen molar-refractivity contribution in [3.63, 3.8) is 0 Å². The van der Waals surface area contributed by atoms with E-state index in [-0.39, 0.29) is 0 Å². The first-order chi connectivity index (χ1) is 6.02. The van der Waals surface area contributed by atoms with Crippen molar-refractivity contribution in [3.8, 4) is 0 Å². The highest BCUT2D eigenvalue weighted by Gasteiger charge is 2.24. The van der Waals surface area contributed by atoms with E-state index in [1.165, 1.54) is 4.31 Å². The van der Waals surface area contributed by atoms with Crippen molar-refractivity contribution < 1.29 is 17.9 Å². The van der Waals surface area contributed by atoms with Crippen LogP contribution < -0.4 is 4.72 Å². The molecule has 0 radical (unpaired) electrons. The normalized spacial score (nSPS) is 19.8. The maximum absolute atomic E-state index is 11.3. The van der Waals surface area contributed by atoms with Crippen molar-refractivity contribution in [2.24, 2.45) is 0 Å². The molecule has 7 heteroatoms. The zero-order valence-electron chi connectivity index (χ0n) is 7.32. The third kappa shape index (κ3) is 2.94. The third-order valence-corrected chi connectivity index (χ3v) is 3.17. The van der Waals surface area contributed by atoms with E-state index in [0.29, 0.717) is 26.3 Å². The van der Waals surface area contributed by atoms with Crippen LogP contribution in [0.5, 0.6) is 0 Å². The second kappa shape index (κ2) is 4.03. The van der Waals surface area contributed by atoms with Gasteiger partial charge in [0, 0.05) is 20.0 Å². The van der Waals surface area contributed by atoms with Crippen LogP contribution in [-0.2, 0) is 19.7 Å². The number of nitrogens with zero attached hydrogens (tertiary/aromatic N) is 1. The Morgan fingerprint density at radius 1 is 1.38 bits per heavy atom. The van der Waals surface area contributed by atoms with Gasteiger partial charge in [-0.1, -0.05) is 0 Å². The molecular formula is C6H12N2O4S. The second-order valence-electron chi connectivity index (χ2n) is 2.67. The Bertz CT molecular complexity index is 281. The van der Waals surface area contributed by atoms with Gasteiger partial charge in [-0.25, -0.2) is 4.72 Å². The van der Waals surface area contributed by atoms with Gasteiger partial charge in [0.1, 0.15) is 0 Å². The molecule has 1 amide bonds. The molecule has 1 fully saturated rings. The summed E-state index contributed by atoms with van der Waals surface area (Å²) in [5.41, 5.74) is 0. The van der Waals surface area contributed by atoms with Crippen molar-refractivity contribution in [1.82, 2.24) is 9.03 Å². The molecule has 0 unspecified atom stereocenters. The third-order valence-electron chi connectivity index (χ3n) is 1.58. The van der Waals surface area contributed by atoms with Crippen molar-refractivity contribution >= 4 is 16.1 Å². The number of carbonyl (C=O) groups excluding carboxylic acids is 1.